The van der Waals surface area contributed by atoms with Gasteiger partial charge in [-0.1, -0.05) is 24.3 Å². The first-order valence-corrected chi connectivity index (χ1v) is 9.34. The summed E-state index contributed by atoms with van der Waals surface area (Å²) in [6.45, 7) is 3.85. The number of pyridine rings is 1. The van der Waals surface area contributed by atoms with Crippen LogP contribution in [-0.4, -0.2) is 22.3 Å². The molecule has 140 valence electrons. The monoisotopic (exact) mass is 372 g/mol. The van der Waals surface area contributed by atoms with Crippen LogP contribution in [0.15, 0.2) is 59.7 Å². The van der Waals surface area contributed by atoms with Crippen molar-refractivity contribution in [2.45, 2.75) is 38.3 Å². The molecule has 2 aromatic carbocycles. The molecular formula is C24H21FN2O. The number of fused-ring (bicyclic) bond motifs is 2. The number of benzene rings is 2. The summed E-state index contributed by atoms with van der Waals surface area (Å²) in [5, 5.41) is 1.00. The molecule has 0 spiro atoms. The number of ether oxygens (including phenoxy) is 1. The van der Waals surface area contributed by atoms with Crippen molar-refractivity contribution in [3.63, 3.8) is 0 Å². The summed E-state index contributed by atoms with van der Waals surface area (Å²) in [5.41, 5.74) is 2.35. The fourth-order valence-corrected chi connectivity index (χ4v) is 3.57. The molecule has 1 aromatic heterocycles. The van der Waals surface area contributed by atoms with Crippen LogP contribution in [-0.2, 0) is 0 Å². The first-order valence-electron chi connectivity index (χ1n) is 9.34. The number of hydrogen-bond donors (Lipinski definition) is 0. The van der Waals surface area contributed by atoms with Crippen molar-refractivity contribution >= 4 is 16.6 Å². The topological polar surface area (TPSA) is 34.5 Å². The van der Waals surface area contributed by atoms with Crippen molar-refractivity contribution in [1.29, 1.82) is 0 Å². The summed E-state index contributed by atoms with van der Waals surface area (Å²) in [6, 6.07) is 14.6. The van der Waals surface area contributed by atoms with Gasteiger partial charge in [0.05, 0.1) is 17.3 Å². The van der Waals surface area contributed by atoms with Crippen LogP contribution >= 0.6 is 0 Å². The maximum Gasteiger partial charge on any atom is 0.165 e. The zero-order valence-corrected chi connectivity index (χ0v) is 15.9. The van der Waals surface area contributed by atoms with E-state index in [4.69, 9.17) is 16.2 Å². The van der Waals surface area contributed by atoms with E-state index in [1.54, 1.807) is 12.3 Å². The van der Waals surface area contributed by atoms with Gasteiger partial charge in [-0.05, 0) is 44.5 Å². The predicted molar refractivity (Wildman–Crippen MR) is 110 cm³/mol. The zero-order chi connectivity index (χ0) is 19.7. The molecule has 0 aliphatic carbocycles. The number of hydrogen-bond acceptors (Lipinski definition) is 3. The second kappa shape index (κ2) is 7.09. The van der Waals surface area contributed by atoms with Crippen LogP contribution in [0.2, 0.25) is 0 Å². The highest BCUT2D eigenvalue weighted by Crippen LogP contribution is 2.36. The van der Waals surface area contributed by atoms with Crippen molar-refractivity contribution in [3.8, 4) is 18.1 Å². The Labute approximate surface area is 164 Å². The summed E-state index contributed by atoms with van der Waals surface area (Å²) in [4.78, 5) is 9.57. The lowest BCUT2D eigenvalue weighted by Gasteiger charge is -2.31. The second-order valence-electron chi connectivity index (χ2n) is 7.48. The zero-order valence-electron chi connectivity index (χ0n) is 15.9. The molecule has 0 saturated carbocycles. The SMILES string of the molecule is C#CCCC1N=C(c2cnc3ccccc3c2)c2cccc(F)c2OC1(C)C. The molecule has 0 amide bonds. The highest BCUT2D eigenvalue weighted by molar-refractivity contribution is 6.15. The molecule has 2 heterocycles. The molecule has 3 aromatic rings. The van der Waals surface area contributed by atoms with E-state index < -0.39 is 11.4 Å². The Bertz CT molecular complexity index is 1110. The molecule has 0 fully saturated rings. The van der Waals surface area contributed by atoms with Gasteiger partial charge < -0.3 is 4.74 Å². The quantitative estimate of drug-likeness (QED) is 0.595. The van der Waals surface area contributed by atoms with Gasteiger partial charge in [0, 0.05) is 29.1 Å². The minimum Gasteiger partial charge on any atom is -0.482 e. The van der Waals surface area contributed by atoms with Gasteiger partial charge >= 0.3 is 0 Å². The fraction of sp³-hybridized carbons (Fsp3) is 0.250. The molecule has 1 aliphatic rings. The van der Waals surface area contributed by atoms with Gasteiger partial charge in [0.1, 0.15) is 5.60 Å². The Morgan fingerprint density at radius 1 is 1.18 bits per heavy atom. The molecule has 4 heteroatoms. The first kappa shape index (κ1) is 18.2. The lowest BCUT2D eigenvalue weighted by molar-refractivity contribution is 0.0753. The van der Waals surface area contributed by atoms with Gasteiger partial charge in [0.15, 0.2) is 11.6 Å². The molecule has 0 saturated heterocycles. The lowest BCUT2D eigenvalue weighted by atomic mass is 9.94. The van der Waals surface area contributed by atoms with Crippen molar-refractivity contribution in [3.05, 3.63) is 71.7 Å². The van der Waals surface area contributed by atoms with E-state index in [0.29, 0.717) is 24.1 Å². The highest BCUT2D eigenvalue weighted by Gasteiger charge is 2.36. The highest BCUT2D eigenvalue weighted by atomic mass is 19.1. The molecule has 1 unspecified atom stereocenters. The minimum atomic E-state index is -0.695. The van der Waals surface area contributed by atoms with Crippen molar-refractivity contribution in [2.75, 3.05) is 0 Å². The summed E-state index contributed by atoms with van der Waals surface area (Å²) in [5.74, 6) is 2.50. The number of halogens is 1. The van der Waals surface area contributed by atoms with Crippen molar-refractivity contribution < 1.29 is 9.13 Å². The Balaban J connectivity index is 1.93. The van der Waals surface area contributed by atoms with Crippen LogP contribution in [0, 0.1) is 18.2 Å². The third-order valence-corrected chi connectivity index (χ3v) is 5.10. The summed E-state index contributed by atoms with van der Waals surface area (Å²) >= 11 is 0. The average molecular weight is 372 g/mol. The number of terminal acetylenes is 1. The van der Waals surface area contributed by atoms with Crippen LogP contribution in [0.1, 0.15) is 37.8 Å². The van der Waals surface area contributed by atoms with Gasteiger partial charge in [-0.2, -0.15) is 0 Å². The maximum atomic E-state index is 14.7. The standard InChI is InChI=1S/C24H21FN2O/c1-4-5-13-21-24(2,3)28-23-18(10-8-11-19(23)25)22(27-21)17-14-16-9-6-7-12-20(16)26-15-17/h1,6-12,14-15,21H,5,13H2,2-3H3. The van der Waals surface area contributed by atoms with E-state index in [9.17, 15) is 4.39 Å². The van der Waals surface area contributed by atoms with Crippen molar-refractivity contribution in [2.24, 2.45) is 4.99 Å². The van der Waals surface area contributed by atoms with Gasteiger partial charge in [-0.3, -0.25) is 9.98 Å². The first-order chi connectivity index (χ1) is 13.5. The van der Waals surface area contributed by atoms with Gasteiger partial charge in [-0.25, -0.2) is 4.39 Å². The predicted octanol–water partition coefficient (Wildman–Crippen LogP) is 5.16. The van der Waals surface area contributed by atoms with E-state index in [1.807, 2.05) is 50.2 Å². The number of nitrogens with zero attached hydrogens (tertiary/aromatic N) is 2. The summed E-state index contributed by atoms with van der Waals surface area (Å²) in [6.07, 6.45) is 8.49. The smallest absolute Gasteiger partial charge is 0.165 e. The molecule has 0 bridgehead atoms. The third-order valence-electron chi connectivity index (χ3n) is 5.10. The molecular weight excluding hydrogens is 351 g/mol. The molecule has 1 atom stereocenters. The minimum absolute atomic E-state index is 0.211. The van der Waals surface area contributed by atoms with Crippen LogP contribution in [0.3, 0.4) is 0 Å². The lowest BCUT2D eigenvalue weighted by Crippen LogP contribution is -2.40. The van der Waals surface area contributed by atoms with Crippen molar-refractivity contribution in [1.82, 2.24) is 4.98 Å². The number of aromatic nitrogens is 1. The van der Waals surface area contributed by atoms with E-state index in [2.05, 4.69) is 10.9 Å². The number of para-hydroxylation sites is 2. The normalized spacial score (nSPS) is 17.8. The summed E-state index contributed by atoms with van der Waals surface area (Å²) in [7, 11) is 0. The number of aliphatic imine (C=N–C) groups is 1. The van der Waals surface area contributed by atoms with Crippen LogP contribution in [0.25, 0.3) is 10.9 Å². The van der Waals surface area contributed by atoms with E-state index in [-0.39, 0.29) is 11.8 Å². The molecule has 4 rings (SSSR count). The number of rotatable bonds is 3. The third kappa shape index (κ3) is 3.25. The average Bonchev–Trinajstić information content (AvgIpc) is 2.80. The Morgan fingerprint density at radius 3 is 2.82 bits per heavy atom. The second-order valence-corrected chi connectivity index (χ2v) is 7.48. The molecule has 3 nitrogen and oxygen atoms in total. The fourth-order valence-electron chi connectivity index (χ4n) is 3.57. The van der Waals surface area contributed by atoms with Crippen LogP contribution < -0.4 is 4.74 Å². The Morgan fingerprint density at radius 2 is 2.00 bits per heavy atom. The Kier molecular flexibility index (Phi) is 4.60. The van der Waals surface area contributed by atoms with Gasteiger partial charge in [-0.15, -0.1) is 12.3 Å². The van der Waals surface area contributed by atoms with E-state index in [0.717, 1.165) is 16.5 Å². The Hall–Kier alpha value is -3.19. The van der Waals surface area contributed by atoms with Crippen LogP contribution in [0.4, 0.5) is 4.39 Å². The molecule has 0 N–H and O–H groups in total. The molecule has 28 heavy (non-hydrogen) atoms. The van der Waals surface area contributed by atoms with Gasteiger partial charge in [0.2, 0.25) is 0 Å². The van der Waals surface area contributed by atoms with Crippen LogP contribution in [0.5, 0.6) is 5.75 Å². The van der Waals surface area contributed by atoms with E-state index in [1.165, 1.54) is 6.07 Å². The van der Waals surface area contributed by atoms with Gasteiger partial charge in [0.25, 0.3) is 0 Å². The molecule has 1 aliphatic heterocycles. The summed E-state index contributed by atoms with van der Waals surface area (Å²) < 4.78 is 20.8. The largest absolute Gasteiger partial charge is 0.482 e. The van der Waals surface area contributed by atoms with E-state index >= 15 is 0 Å². The molecule has 0 radical (unpaired) electrons. The maximum absolute atomic E-state index is 14.7.